The molecule has 5 fully saturated rings. The second-order valence-electron chi connectivity index (χ2n) is 8.48. The van der Waals surface area contributed by atoms with E-state index in [2.05, 4.69) is 4.90 Å². The fourth-order valence-corrected chi connectivity index (χ4v) is 9.36. The summed E-state index contributed by atoms with van der Waals surface area (Å²) in [4.78, 5) is 14.9. The van der Waals surface area contributed by atoms with Crippen LogP contribution in [0.25, 0.3) is 0 Å². The molecular weight excluding hydrogens is 386 g/mol. The second-order valence-corrected chi connectivity index (χ2v) is 12.6. The predicted octanol–water partition coefficient (Wildman–Crippen LogP) is 4.13. The van der Waals surface area contributed by atoms with Crippen LogP contribution in [0.4, 0.5) is 0 Å². The fourth-order valence-electron chi connectivity index (χ4n) is 5.24. The molecule has 1 aliphatic carbocycles. The molecular formula is C19H31NO3S3. The highest BCUT2D eigenvalue weighted by atomic mass is 33.1. The summed E-state index contributed by atoms with van der Waals surface area (Å²) < 4.78 is 6.06. The number of aliphatic hydroxyl groups excluding tert-OH is 1. The number of aliphatic hydroxyl groups is 1. The maximum Gasteiger partial charge on any atom is 0.307 e. The molecule has 0 amide bonds. The monoisotopic (exact) mass is 417 g/mol. The Morgan fingerprint density at radius 2 is 2.19 bits per heavy atom. The maximum absolute atomic E-state index is 12.5. The molecule has 0 aromatic carbocycles. The van der Waals surface area contributed by atoms with Crippen molar-refractivity contribution >= 4 is 39.3 Å². The molecule has 0 aromatic heterocycles. The SMILES string of the molecule is C[C@H](O)SC[C@@]12CC13CCN(CC3)C2OC(=O)CCCC[C@@H]1CCSS1. The van der Waals surface area contributed by atoms with Gasteiger partial charge in [-0.2, -0.15) is 0 Å². The van der Waals surface area contributed by atoms with Gasteiger partial charge in [-0.25, -0.2) is 0 Å². The Bertz CT molecular complexity index is 518. The molecule has 4 atom stereocenters. The molecule has 148 valence electrons. The number of ether oxygens (including phenoxy) is 1. The average Bonchev–Trinajstić information content (AvgIpc) is 3.01. The summed E-state index contributed by atoms with van der Waals surface area (Å²) in [6.07, 6.45) is 8.79. The van der Waals surface area contributed by atoms with Gasteiger partial charge in [-0.05, 0) is 50.9 Å². The van der Waals surface area contributed by atoms with Crippen LogP contribution in [0.1, 0.15) is 58.3 Å². The zero-order chi connectivity index (χ0) is 18.2. The first-order valence-corrected chi connectivity index (χ1v) is 13.5. The molecule has 4 nitrogen and oxygen atoms in total. The van der Waals surface area contributed by atoms with Crippen molar-refractivity contribution in [2.75, 3.05) is 24.6 Å². The zero-order valence-electron chi connectivity index (χ0n) is 15.7. The number of hydrogen-bond acceptors (Lipinski definition) is 7. The lowest BCUT2D eigenvalue weighted by atomic mass is 9.78. The minimum atomic E-state index is -0.347. The van der Waals surface area contributed by atoms with E-state index in [-0.39, 0.29) is 23.0 Å². The number of thioether (sulfide) groups is 1. The molecule has 0 radical (unpaired) electrons. The Morgan fingerprint density at radius 1 is 1.38 bits per heavy atom. The molecule has 1 N–H and O–H groups in total. The lowest BCUT2D eigenvalue weighted by Gasteiger charge is -2.49. The van der Waals surface area contributed by atoms with Crippen molar-refractivity contribution in [3.05, 3.63) is 0 Å². The van der Waals surface area contributed by atoms with E-state index in [4.69, 9.17) is 4.74 Å². The molecule has 5 aliphatic rings. The molecule has 1 spiro atoms. The van der Waals surface area contributed by atoms with Gasteiger partial charge >= 0.3 is 5.97 Å². The van der Waals surface area contributed by atoms with Gasteiger partial charge < -0.3 is 9.84 Å². The van der Waals surface area contributed by atoms with Gasteiger partial charge in [0, 0.05) is 41.7 Å². The molecule has 4 heterocycles. The number of carbonyl (C=O) groups is 1. The van der Waals surface area contributed by atoms with Crippen LogP contribution in [0.15, 0.2) is 0 Å². The van der Waals surface area contributed by atoms with Crippen LogP contribution in [0, 0.1) is 10.8 Å². The fraction of sp³-hybridized carbons (Fsp3) is 0.947. The molecule has 2 bridgehead atoms. The summed E-state index contributed by atoms with van der Waals surface area (Å²) in [5.74, 6) is 2.18. The van der Waals surface area contributed by atoms with E-state index in [9.17, 15) is 9.90 Å². The number of nitrogens with zero attached hydrogens (tertiary/aromatic N) is 1. The highest BCUT2D eigenvalue weighted by molar-refractivity contribution is 8.77. The van der Waals surface area contributed by atoms with Crippen LogP contribution in [0.3, 0.4) is 0 Å². The third-order valence-corrected chi connectivity index (χ3v) is 11.0. The lowest BCUT2D eigenvalue weighted by Crippen LogP contribution is -2.57. The standard InChI is InChI=1S/C19H31NO3S3/c1-14(21)24-13-19-12-18(19)7-9-20(10-8-18)17(19)23-16(22)5-3-2-4-15-6-11-25-26-15/h14-15,17,21H,2-13H2,1H3/t14-,15-,17?,19-/m1/s1. The third-order valence-electron chi connectivity index (χ3n) is 6.85. The largest absolute Gasteiger partial charge is 0.446 e. The van der Waals surface area contributed by atoms with Crippen molar-refractivity contribution in [1.82, 2.24) is 4.90 Å². The predicted molar refractivity (Wildman–Crippen MR) is 111 cm³/mol. The normalized spacial score (nSPS) is 41.7. The first kappa shape index (κ1) is 19.7. The van der Waals surface area contributed by atoms with Gasteiger partial charge in [0.15, 0.2) is 6.23 Å². The number of piperidine rings is 3. The van der Waals surface area contributed by atoms with Crippen LogP contribution in [-0.4, -0.2) is 57.5 Å². The topological polar surface area (TPSA) is 49.8 Å². The molecule has 5 rings (SSSR count). The summed E-state index contributed by atoms with van der Waals surface area (Å²) in [5, 5.41) is 10.5. The highest BCUT2D eigenvalue weighted by Gasteiger charge is 2.76. The average molecular weight is 418 g/mol. The smallest absolute Gasteiger partial charge is 0.307 e. The van der Waals surface area contributed by atoms with Crippen molar-refractivity contribution in [2.45, 2.75) is 75.2 Å². The van der Waals surface area contributed by atoms with Crippen LogP contribution >= 0.6 is 33.3 Å². The van der Waals surface area contributed by atoms with Gasteiger partial charge in [0.1, 0.15) is 0 Å². The quantitative estimate of drug-likeness (QED) is 0.262. The lowest BCUT2D eigenvalue weighted by molar-refractivity contribution is -0.183. The van der Waals surface area contributed by atoms with E-state index >= 15 is 0 Å². The van der Waals surface area contributed by atoms with E-state index in [1.807, 2.05) is 28.5 Å². The third kappa shape index (κ3) is 3.80. The summed E-state index contributed by atoms with van der Waals surface area (Å²) in [7, 11) is 4.01. The molecule has 4 saturated heterocycles. The number of unbranched alkanes of at least 4 members (excludes halogenated alkanes) is 1. The van der Waals surface area contributed by atoms with Crippen LogP contribution in [-0.2, 0) is 9.53 Å². The number of fused-ring (bicyclic) bond motifs is 2. The van der Waals surface area contributed by atoms with Gasteiger partial charge in [-0.1, -0.05) is 28.0 Å². The Kier molecular flexibility index (Phi) is 6.11. The van der Waals surface area contributed by atoms with Crippen LogP contribution in [0.5, 0.6) is 0 Å². The molecule has 26 heavy (non-hydrogen) atoms. The summed E-state index contributed by atoms with van der Waals surface area (Å²) in [5.41, 5.74) is 0.130. The first-order valence-electron chi connectivity index (χ1n) is 10.1. The molecule has 1 unspecified atom stereocenters. The molecule has 7 heteroatoms. The minimum absolute atomic E-state index is 0.0144. The van der Waals surface area contributed by atoms with Crippen molar-refractivity contribution in [3.8, 4) is 0 Å². The molecule has 1 saturated carbocycles. The summed E-state index contributed by atoms with van der Waals surface area (Å²) >= 11 is 1.61. The van der Waals surface area contributed by atoms with Gasteiger partial charge in [0.25, 0.3) is 0 Å². The van der Waals surface area contributed by atoms with Crippen LogP contribution < -0.4 is 0 Å². The molecule has 0 aromatic rings. The van der Waals surface area contributed by atoms with Crippen molar-refractivity contribution in [2.24, 2.45) is 10.8 Å². The van der Waals surface area contributed by atoms with E-state index in [0.29, 0.717) is 11.8 Å². The first-order chi connectivity index (χ1) is 12.5. The summed E-state index contributed by atoms with van der Waals surface area (Å²) in [6, 6.07) is 0. The van der Waals surface area contributed by atoms with E-state index < -0.39 is 0 Å². The van der Waals surface area contributed by atoms with Gasteiger partial charge in [-0.15, -0.1) is 11.8 Å². The Balaban J connectivity index is 1.27. The van der Waals surface area contributed by atoms with Gasteiger partial charge in [0.2, 0.25) is 0 Å². The highest BCUT2D eigenvalue weighted by Crippen LogP contribution is 2.75. The van der Waals surface area contributed by atoms with E-state index in [1.165, 1.54) is 37.9 Å². The summed E-state index contributed by atoms with van der Waals surface area (Å²) in [6.45, 7) is 3.96. The second kappa shape index (κ2) is 8.05. The van der Waals surface area contributed by atoms with Crippen molar-refractivity contribution < 1.29 is 14.6 Å². The number of carbonyl (C=O) groups excluding carboxylic acids is 1. The maximum atomic E-state index is 12.5. The Hall–Kier alpha value is 0.440. The Labute approximate surface area is 169 Å². The number of rotatable bonds is 9. The van der Waals surface area contributed by atoms with E-state index in [1.54, 1.807) is 11.8 Å². The number of esters is 1. The van der Waals surface area contributed by atoms with Gasteiger partial charge in [0.05, 0.1) is 5.44 Å². The number of hydrogen-bond donors (Lipinski definition) is 1. The van der Waals surface area contributed by atoms with E-state index in [0.717, 1.165) is 36.9 Å². The minimum Gasteiger partial charge on any atom is -0.446 e. The zero-order valence-corrected chi connectivity index (χ0v) is 18.1. The van der Waals surface area contributed by atoms with Crippen LogP contribution in [0.2, 0.25) is 0 Å². The van der Waals surface area contributed by atoms with Gasteiger partial charge in [-0.3, -0.25) is 9.69 Å². The molecule has 4 aliphatic heterocycles. The van der Waals surface area contributed by atoms with Crippen molar-refractivity contribution in [1.29, 1.82) is 0 Å². The Morgan fingerprint density at radius 3 is 2.88 bits per heavy atom. The van der Waals surface area contributed by atoms with Crippen molar-refractivity contribution in [3.63, 3.8) is 0 Å².